The minimum absolute atomic E-state index is 0.0989. The molecule has 0 aliphatic carbocycles. The van der Waals surface area contributed by atoms with Crippen molar-refractivity contribution in [2.75, 3.05) is 4.72 Å². The standard InChI is InChI=1S/C23H16FN3O4S/c1-14-19-13-18(32(28,29)27-17-5-3-2-4-6-17)11-12-20(19)30-21(14)23-25-22(26-31-23)15-7-9-16(24)10-8-15/h2-13,27H,1H3. The monoisotopic (exact) mass is 449 g/mol. The van der Waals surface area contributed by atoms with Crippen LogP contribution in [0.5, 0.6) is 0 Å². The molecule has 5 aromatic rings. The lowest BCUT2D eigenvalue weighted by molar-refractivity contribution is 0.419. The van der Waals surface area contributed by atoms with Crippen LogP contribution in [0.2, 0.25) is 0 Å². The quantitative estimate of drug-likeness (QED) is 0.386. The number of fused-ring (bicyclic) bond motifs is 1. The zero-order valence-corrected chi connectivity index (χ0v) is 17.6. The molecule has 0 amide bonds. The van der Waals surface area contributed by atoms with E-state index < -0.39 is 10.0 Å². The summed E-state index contributed by atoms with van der Waals surface area (Å²) in [6.07, 6.45) is 0. The summed E-state index contributed by atoms with van der Waals surface area (Å²) in [4.78, 5) is 4.44. The predicted molar refractivity (Wildman–Crippen MR) is 117 cm³/mol. The van der Waals surface area contributed by atoms with Crippen LogP contribution in [0, 0.1) is 12.7 Å². The average molecular weight is 449 g/mol. The van der Waals surface area contributed by atoms with Crippen LogP contribution >= 0.6 is 0 Å². The van der Waals surface area contributed by atoms with Crippen LogP contribution in [0.1, 0.15) is 5.56 Å². The second kappa shape index (κ2) is 7.61. The first-order chi connectivity index (χ1) is 15.4. The number of halogens is 1. The van der Waals surface area contributed by atoms with Crippen LogP contribution in [-0.4, -0.2) is 18.6 Å². The van der Waals surface area contributed by atoms with Crippen molar-refractivity contribution < 1.29 is 21.7 Å². The van der Waals surface area contributed by atoms with Crippen LogP contribution in [0.3, 0.4) is 0 Å². The van der Waals surface area contributed by atoms with Crippen LogP contribution in [0.4, 0.5) is 10.1 Å². The van der Waals surface area contributed by atoms with Gasteiger partial charge in [0.15, 0.2) is 5.76 Å². The van der Waals surface area contributed by atoms with Gasteiger partial charge >= 0.3 is 0 Å². The van der Waals surface area contributed by atoms with Gasteiger partial charge in [-0.05, 0) is 61.5 Å². The van der Waals surface area contributed by atoms with Gasteiger partial charge in [-0.3, -0.25) is 4.72 Å². The molecule has 0 aliphatic heterocycles. The number of anilines is 1. The molecular weight excluding hydrogens is 433 g/mol. The molecular formula is C23H16FN3O4S. The summed E-state index contributed by atoms with van der Waals surface area (Å²) in [5.41, 5.74) is 2.20. The van der Waals surface area contributed by atoms with Gasteiger partial charge in [-0.25, -0.2) is 12.8 Å². The van der Waals surface area contributed by atoms with Crippen LogP contribution in [0.15, 0.2) is 86.6 Å². The molecule has 2 heterocycles. The lowest BCUT2D eigenvalue weighted by atomic mass is 10.1. The van der Waals surface area contributed by atoms with E-state index >= 15 is 0 Å². The number of para-hydroxylation sites is 1. The number of aryl methyl sites for hydroxylation is 1. The van der Waals surface area contributed by atoms with Crippen molar-refractivity contribution >= 4 is 26.7 Å². The van der Waals surface area contributed by atoms with Crippen molar-refractivity contribution in [1.82, 2.24) is 10.1 Å². The van der Waals surface area contributed by atoms with Gasteiger partial charge in [-0.1, -0.05) is 23.4 Å². The Kier molecular flexibility index (Phi) is 4.75. The minimum Gasteiger partial charge on any atom is -0.451 e. The van der Waals surface area contributed by atoms with Crippen molar-refractivity contribution in [2.24, 2.45) is 0 Å². The first-order valence-electron chi connectivity index (χ1n) is 9.62. The maximum Gasteiger partial charge on any atom is 0.294 e. The lowest BCUT2D eigenvalue weighted by Gasteiger charge is -2.07. The Morgan fingerprint density at radius 2 is 1.72 bits per heavy atom. The SMILES string of the molecule is Cc1c(-c2nc(-c3ccc(F)cc3)no2)oc2ccc(S(=O)(=O)Nc3ccccc3)cc12. The summed E-state index contributed by atoms with van der Waals surface area (Å²) in [6, 6.07) is 19.0. The van der Waals surface area contributed by atoms with Gasteiger partial charge in [0, 0.05) is 22.2 Å². The topological polar surface area (TPSA) is 98.2 Å². The van der Waals surface area contributed by atoms with Crippen molar-refractivity contribution in [3.8, 4) is 23.0 Å². The van der Waals surface area contributed by atoms with E-state index in [0.717, 1.165) is 0 Å². The van der Waals surface area contributed by atoms with E-state index in [9.17, 15) is 12.8 Å². The summed E-state index contributed by atoms with van der Waals surface area (Å²) < 4.78 is 52.5. The smallest absolute Gasteiger partial charge is 0.294 e. The van der Waals surface area contributed by atoms with E-state index in [4.69, 9.17) is 8.94 Å². The number of nitrogens with one attached hydrogen (secondary N) is 1. The van der Waals surface area contributed by atoms with E-state index in [0.29, 0.717) is 33.5 Å². The molecule has 2 aromatic heterocycles. The molecule has 0 radical (unpaired) electrons. The fourth-order valence-electron chi connectivity index (χ4n) is 3.32. The summed E-state index contributed by atoms with van der Waals surface area (Å²) >= 11 is 0. The molecule has 0 unspecified atom stereocenters. The predicted octanol–water partition coefficient (Wildman–Crippen LogP) is 5.40. The van der Waals surface area contributed by atoms with Gasteiger partial charge in [0.2, 0.25) is 5.82 Å². The van der Waals surface area contributed by atoms with Gasteiger partial charge in [-0.15, -0.1) is 0 Å². The molecule has 0 saturated heterocycles. The zero-order chi connectivity index (χ0) is 22.3. The third-order valence-electron chi connectivity index (χ3n) is 4.97. The van der Waals surface area contributed by atoms with Crippen molar-refractivity contribution in [3.63, 3.8) is 0 Å². The number of sulfonamides is 1. The van der Waals surface area contributed by atoms with Gasteiger partial charge in [0.1, 0.15) is 11.4 Å². The molecule has 5 rings (SSSR count). The second-order valence-electron chi connectivity index (χ2n) is 7.12. The van der Waals surface area contributed by atoms with E-state index in [-0.39, 0.29) is 22.4 Å². The third-order valence-corrected chi connectivity index (χ3v) is 6.35. The van der Waals surface area contributed by atoms with E-state index in [1.165, 1.54) is 18.2 Å². The maximum absolute atomic E-state index is 13.2. The summed E-state index contributed by atoms with van der Waals surface area (Å²) in [7, 11) is -3.79. The van der Waals surface area contributed by atoms with Gasteiger partial charge < -0.3 is 8.94 Å². The first kappa shape index (κ1) is 20.0. The molecule has 7 nitrogen and oxygen atoms in total. The highest BCUT2D eigenvalue weighted by atomic mass is 32.2. The normalized spacial score (nSPS) is 11.7. The summed E-state index contributed by atoms with van der Waals surface area (Å²) in [6.45, 7) is 1.78. The Bertz CT molecular complexity index is 1530. The molecule has 3 aromatic carbocycles. The molecule has 0 spiro atoms. The lowest BCUT2D eigenvalue weighted by Crippen LogP contribution is -2.12. The Hall–Kier alpha value is -3.98. The molecule has 0 aliphatic rings. The largest absolute Gasteiger partial charge is 0.451 e. The highest BCUT2D eigenvalue weighted by molar-refractivity contribution is 7.92. The minimum atomic E-state index is -3.79. The highest BCUT2D eigenvalue weighted by Gasteiger charge is 2.22. The summed E-state index contributed by atoms with van der Waals surface area (Å²) in [5.74, 6) is 0.407. The van der Waals surface area contributed by atoms with E-state index in [2.05, 4.69) is 14.9 Å². The molecule has 0 atom stereocenters. The second-order valence-corrected chi connectivity index (χ2v) is 8.80. The Morgan fingerprint density at radius 1 is 0.969 bits per heavy atom. The number of hydrogen-bond donors (Lipinski definition) is 1. The van der Waals surface area contributed by atoms with Gasteiger partial charge in [-0.2, -0.15) is 4.98 Å². The number of furan rings is 1. The Morgan fingerprint density at radius 3 is 2.47 bits per heavy atom. The van der Waals surface area contributed by atoms with Crippen molar-refractivity contribution in [1.29, 1.82) is 0 Å². The number of hydrogen-bond acceptors (Lipinski definition) is 6. The van der Waals surface area contributed by atoms with E-state index in [1.807, 2.05) is 0 Å². The summed E-state index contributed by atoms with van der Waals surface area (Å²) in [5, 5.41) is 4.54. The molecule has 0 bridgehead atoms. The van der Waals surface area contributed by atoms with Crippen molar-refractivity contribution in [2.45, 2.75) is 11.8 Å². The Balaban J connectivity index is 1.50. The fourth-order valence-corrected chi connectivity index (χ4v) is 4.41. The highest BCUT2D eigenvalue weighted by Crippen LogP contribution is 2.34. The number of aromatic nitrogens is 2. The molecule has 160 valence electrons. The number of nitrogens with zero attached hydrogens (tertiary/aromatic N) is 2. The van der Waals surface area contributed by atoms with Gasteiger partial charge in [0.25, 0.3) is 15.9 Å². The zero-order valence-electron chi connectivity index (χ0n) is 16.7. The maximum atomic E-state index is 13.2. The Labute approximate surface area is 182 Å². The third kappa shape index (κ3) is 3.63. The number of benzene rings is 3. The van der Waals surface area contributed by atoms with Crippen LogP contribution in [-0.2, 0) is 10.0 Å². The molecule has 32 heavy (non-hydrogen) atoms. The van der Waals surface area contributed by atoms with Crippen molar-refractivity contribution in [3.05, 3.63) is 84.2 Å². The molecule has 1 N–H and O–H groups in total. The van der Waals surface area contributed by atoms with Gasteiger partial charge in [0.05, 0.1) is 4.90 Å². The van der Waals surface area contributed by atoms with Crippen LogP contribution in [0.25, 0.3) is 34.0 Å². The van der Waals surface area contributed by atoms with Crippen LogP contribution < -0.4 is 4.72 Å². The average Bonchev–Trinajstić information content (AvgIpc) is 3.39. The molecule has 0 saturated carbocycles. The first-order valence-corrected chi connectivity index (χ1v) is 11.1. The van der Waals surface area contributed by atoms with E-state index in [1.54, 1.807) is 61.5 Å². The molecule has 0 fully saturated rings. The number of rotatable bonds is 5. The fraction of sp³-hybridized carbons (Fsp3) is 0.0435. The molecule has 9 heteroatoms.